The maximum atomic E-state index is 13.9. The topological polar surface area (TPSA) is 58.4 Å². The van der Waals surface area contributed by atoms with Gasteiger partial charge in [-0.05, 0) is 49.5 Å². The number of benzene rings is 2. The number of nitrogens with one attached hydrogen (secondary N) is 1. The summed E-state index contributed by atoms with van der Waals surface area (Å²) in [5.41, 5.74) is 1.34. The highest BCUT2D eigenvalue weighted by atomic mass is 19.1. The van der Waals surface area contributed by atoms with E-state index < -0.39 is 11.6 Å². The van der Waals surface area contributed by atoms with Gasteiger partial charge in [0.25, 0.3) is 5.91 Å². The second kappa shape index (κ2) is 10.3. The van der Waals surface area contributed by atoms with E-state index in [1.54, 1.807) is 0 Å². The molecule has 1 aromatic heterocycles. The van der Waals surface area contributed by atoms with Crippen LogP contribution in [-0.2, 0) is 0 Å². The summed E-state index contributed by atoms with van der Waals surface area (Å²) in [6, 6.07) is 14.8. The molecule has 32 heavy (non-hydrogen) atoms. The molecule has 1 amide bonds. The first-order chi connectivity index (χ1) is 15.6. The second-order valence-electron chi connectivity index (χ2n) is 7.97. The molecule has 0 atom stereocenters. The third-order valence-electron chi connectivity index (χ3n) is 5.67. The lowest BCUT2D eigenvalue weighted by atomic mass is 9.96. The number of piperidine rings is 1. The van der Waals surface area contributed by atoms with E-state index in [0.29, 0.717) is 12.5 Å². The van der Waals surface area contributed by atoms with Gasteiger partial charge in [-0.25, -0.2) is 8.78 Å². The summed E-state index contributed by atoms with van der Waals surface area (Å²) in [6.45, 7) is 3.44. The molecule has 7 heteroatoms. The van der Waals surface area contributed by atoms with Crippen LogP contribution in [0.2, 0.25) is 0 Å². The summed E-state index contributed by atoms with van der Waals surface area (Å²) in [5.74, 6) is -1.32. The van der Waals surface area contributed by atoms with Crippen molar-refractivity contribution >= 4 is 12.0 Å². The Bertz CT molecular complexity index is 1070. The largest absolute Gasteiger partial charge is 0.355 e. The van der Waals surface area contributed by atoms with Gasteiger partial charge in [0.1, 0.15) is 11.6 Å². The van der Waals surface area contributed by atoms with Crippen LogP contribution >= 0.6 is 0 Å². The summed E-state index contributed by atoms with van der Waals surface area (Å²) < 4.78 is 32.1. The number of nitrogens with zero attached hydrogens (tertiary/aromatic N) is 2. The summed E-state index contributed by atoms with van der Waals surface area (Å²) >= 11 is 0. The van der Waals surface area contributed by atoms with E-state index in [0.717, 1.165) is 44.6 Å². The Morgan fingerprint density at radius 2 is 1.91 bits per heavy atom. The molecule has 1 aliphatic heterocycles. The summed E-state index contributed by atoms with van der Waals surface area (Å²) in [5, 5.41) is 6.62. The monoisotopic (exact) mass is 437 g/mol. The Hall–Kier alpha value is -3.32. The smallest absolute Gasteiger partial charge is 0.273 e. The van der Waals surface area contributed by atoms with Gasteiger partial charge in [0.2, 0.25) is 0 Å². The van der Waals surface area contributed by atoms with Gasteiger partial charge in [-0.2, -0.15) is 0 Å². The van der Waals surface area contributed by atoms with Gasteiger partial charge in [0, 0.05) is 25.2 Å². The van der Waals surface area contributed by atoms with Crippen LogP contribution in [0, 0.1) is 17.6 Å². The van der Waals surface area contributed by atoms with Crippen LogP contribution in [0.15, 0.2) is 65.2 Å². The number of likely N-dealkylation sites (tertiary alicyclic amines) is 1. The molecule has 2 heterocycles. The minimum atomic E-state index is -0.765. The number of aromatic nitrogens is 1. The molecule has 0 bridgehead atoms. The Morgan fingerprint density at radius 3 is 2.66 bits per heavy atom. The first kappa shape index (κ1) is 21.9. The SMILES string of the molecule is O=C(NCC1CCN(C/C=C/c2ccccc2)CC1)c1cc(-c2ccc(F)cc2F)on1. The molecular weight excluding hydrogens is 412 g/mol. The molecule has 3 aromatic rings. The zero-order valence-corrected chi connectivity index (χ0v) is 17.6. The lowest BCUT2D eigenvalue weighted by Gasteiger charge is -2.31. The molecule has 5 nitrogen and oxygen atoms in total. The Kier molecular flexibility index (Phi) is 7.07. The number of amides is 1. The molecule has 4 rings (SSSR count). The molecule has 2 aromatic carbocycles. The molecule has 1 N–H and O–H groups in total. The average molecular weight is 437 g/mol. The standard InChI is InChI=1S/C25H25F2N3O2/c26-20-8-9-21(22(27)15-20)24-16-23(29-32-24)25(31)28-17-19-10-13-30(14-11-19)12-4-7-18-5-2-1-3-6-18/h1-9,15-16,19H,10-14,17H2,(H,28,31)/b7-4+. The maximum absolute atomic E-state index is 13.9. The number of carbonyl (C=O) groups excluding carboxylic acids is 1. The highest BCUT2D eigenvalue weighted by molar-refractivity contribution is 5.93. The summed E-state index contributed by atoms with van der Waals surface area (Å²) in [7, 11) is 0. The highest BCUT2D eigenvalue weighted by Gasteiger charge is 2.21. The minimum absolute atomic E-state index is 0.0617. The number of hydrogen-bond acceptors (Lipinski definition) is 4. The van der Waals surface area contributed by atoms with Crippen LogP contribution in [0.4, 0.5) is 8.78 Å². The number of halogens is 2. The highest BCUT2D eigenvalue weighted by Crippen LogP contribution is 2.24. The molecule has 0 unspecified atom stereocenters. The van der Waals surface area contributed by atoms with E-state index in [9.17, 15) is 13.6 Å². The van der Waals surface area contributed by atoms with E-state index >= 15 is 0 Å². The van der Waals surface area contributed by atoms with Gasteiger partial charge in [-0.1, -0.05) is 47.6 Å². The van der Waals surface area contributed by atoms with Crippen molar-refractivity contribution in [3.8, 4) is 11.3 Å². The van der Waals surface area contributed by atoms with E-state index in [4.69, 9.17) is 4.52 Å². The fourth-order valence-electron chi connectivity index (χ4n) is 3.80. The van der Waals surface area contributed by atoms with Crippen LogP contribution in [0.5, 0.6) is 0 Å². The minimum Gasteiger partial charge on any atom is -0.355 e. The lowest BCUT2D eigenvalue weighted by Crippen LogP contribution is -2.38. The van der Waals surface area contributed by atoms with E-state index in [1.807, 2.05) is 18.2 Å². The Morgan fingerprint density at radius 1 is 1.12 bits per heavy atom. The van der Waals surface area contributed by atoms with Crippen molar-refractivity contribution < 1.29 is 18.1 Å². The van der Waals surface area contributed by atoms with Gasteiger partial charge < -0.3 is 9.84 Å². The molecule has 0 saturated carbocycles. The first-order valence-corrected chi connectivity index (χ1v) is 10.7. The van der Waals surface area contributed by atoms with Crippen LogP contribution in [-0.4, -0.2) is 42.1 Å². The third-order valence-corrected chi connectivity index (χ3v) is 5.67. The van der Waals surface area contributed by atoms with Crippen LogP contribution in [0.3, 0.4) is 0 Å². The molecule has 166 valence electrons. The predicted molar refractivity (Wildman–Crippen MR) is 119 cm³/mol. The van der Waals surface area contributed by atoms with Crippen molar-refractivity contribution in [2.75, 3.05) is 26.2 Å². The molecule has 0 spiro atoms. The van der Waals surface area contributed by atoms with Crippen LogP contribution in [0.25, 0.3) is 17.4 Å². The molecule has 1 saturated heterocycles. The zero-order chi connectivity index (χ0) is 22.3. The van der Waals surface area contributed by atoms with E-state index in [-0.39, 0.29) is 22.9 Å². The zero-order valence-electron chi connectivity index (χ0n) is 17.6. The number of hydrogen-bond donors (Lipinski definition) is 1. The van der Waals surface area contributed by atoms with Crippen molar-refractivity contribution in [1.82, 2.24) is 15.4 Å². The van der Waals surface area contributed by atoms with Crippen LogP contribution < -0.4 is 5.32 Å². The Labute approximate surface area is 185 Å². The van der Waals surface area contributed by atoms with Crippen molar-refractivity contribution in [1.29, 1.82) is 0 Å². The fraction of sp³-hybridized carbons (Fsp3) is 0.280. The quantitative estimate of drug-likeness (QED) is 0.578. The van der Waals surface area contributed by atoms with Gasteiger partial charge >= 0.3 is 0 Å². The summed E-state index contributed by atoms with van der Waals surface area (Å²) in [4.78, 5) is 14.8. The number of rotatable bonds is 7. The number of carbonyl (C=O) groups is 1. The predicted octanol–water partition coefficient (Wildman–Crippen LogP) is 4.78. The summed E-state index contributed by atoms with van der Waals surface area (Å²) in [6.07, 6.45) is 6.33. The van der Waals surface area contributed by atoms with Crippen molar-refractivity contribution in [3.05, 3.63) is 83.6 Å². The van der Waals surface area contributed by atoms with Gasteiger partial charge in [-0.15, -0.1) is 0 Å². The lowest BCUT2D eigenvalue weighted by molar-refractivity contribution is 0.0928. The molecular formula is C25H25F2N3O2. The molecule has 0 radical (unpaired) electrons. The third kappa shape index (κ3) is 5.68. The Balaban J connectivity index is 1.22. The van der Waals surface area contributed by atoms with Gasteiger partial charge in [0.15, 0.2) is 11.5 Å². The molecule has 1 fully saturated rings. The second-order valence-corrected chi connectivity index (χ2v) is 7.97. The van der Waals surface area contributed by atoms with Gasteiger partial charge in [-0.3, -0.25) is 9.69 Å². The molecule has 1 aliphatic rings. The van der Waals surface area contributed by atoms with E-state index in [2.05, 4.69) is 39.7 Å². The van der Waals surface area contributed by atoms with Crippen molar-refractivity contribution in [2.45, 2.75) is 12.8 Å². The van der Waals surface area contributed by atoms with Crippen molar-refractivity contribution in [3.63, 3.8) is 0 Å². The fourth-order valence-corrected chi connectivity index (χ4v) is 3.80. The van der Waals surface area contributed by atoms with Gasteiger partial charge in [0.05, 0.1) is 5.56 Å². The molecule has 0 aliphatic carbocycles. The normalized spacial score (nSPS) is 15.3. The van der Waals surface area contributed by atoms with Crippen LogP contribution in [0.1, 0.15) is 28.9 Å². The van der Waals surface area contributed by atoms with Crippen molar-refractivity contribution in [2.24, 2.45) is 5.92 Å². The van der Waals surface area contributed by atoms with E-state index in [1.165, 1.54) is 17.7 Å². The average Bonchev–Trinajstić information content (AvgIpc) is 3.29. The maximum Gasteiger partial charge on any atom is 0.273 e. The first-order valence-electron chi connectivity index (χ1n) is 10.7.